The number of ether oxygens (including phenoxy) is 1. The van der Waals surface area contributed by atoms with Gasteiger partial charge in [-0.05, 0) is 24.1 Å². The van der Waals surface area contributed by atoms with Gasteiger partial charge in [-0.3, -0.25) is 0 Å². The first kappa shape index (κ1) is 16.9. The lowest BCUT2D eigenvalue weighted by Gasteiger charge is -2.30. The first-order valence-corrected chi connectivity index (χ1v) is 5.95. The zero-order valence-electron chi connectivity index (χ0n) is 10.7. The second-order valence-electron chi connectivity index (χ2n) is 4.52. The van der Waals surface area contributed by atoms with Crippen LogP contribution >= 0.6 is 0 Å². The van der Waals surface area contributed by atoms with Crippen molar-refractivity contribution >= 4 is 0 Å². The van der Waals surface area contributed by atoms with Crippen LogP contribution in [0.1, 0.15) is 12.0 Å². The van der Waals surface area contributed by atoms with Gasteiger partial charge in [0.15, 0.2) is 0 Å². The van der Waals surface area contributed by atoms with Crippen LogP contribution in [0, 0.1) is 5.82 Å². The van der Waals surface area contributed by atoms with Gasteiger partial charge in [0.05, 0.1) is 13.2 Å². The molecule has 0 fully saturated rings. The van der Waals surface area contributed by atoms with E-state index in [0.29, 0.717) is 5.56 Å². The van der Waals surface area contributed by atoms with Crippen LogP contribution in [0.3, 0.4) is 0 Å². The van der Waals surface area contributed by atoms with E-state index in [1.165, 1.54) is 12.1 Å². The van der Waals surface area contributed by atoms with E-state index >= 15 is 0 Å². The van der Waals surface area contributed by atoms with Gasteiger partial charge in [-0.2, -0.15) is 13.2 Å². The number of hydrogen-bond donors (Lipinski definition) is 2. The van der Waals surface area contributed by atoms with Gasteiger partial charge in [-0.15, -0.1) is 0 Å². The normalized spacial score (nSPS) is 12.7. The Bertz CT molecular complexity index is 399. The van der Waals surface area contributed by atoms with Gasteiger partial charge in [0.25, 0.3) is 0 Å². The predicted molar refractivity (Wildman–Crippen MR) is 63.7 cm³/mol. The minimum atomic E-state index is -4.42. The maximum Gasteiger partial charge on any atom is 0.411 e. The Labute approximate surface area is 113 Å². The Hall–Kier alpha value is -1.18. The first-order chi connectivity index (χ1) is 9.33. The van der Waals surface area contributed by atoms with Crippen LogP contribution in [0.2, 0.25) is 0 Å². The average molecular weight is 296 g/mol. The lowest BCUT2D eigenvalue weighted by Crippen LogP contribution is -2.36. The highest BCUT2D eigenvalue weighted by molar-refractivity contribution is 5.26. The molecular formula is C13H16F4O3. The predicted octanol–water partition coefficient (Wildman–Crippen LogP) is 2.02. The van der Waals surface area contributed by atoms with Crippen molar-refractivity contribution < 1.29 is 32.5 Å². The minimum absolute atomic E-state index is 0.0122. The first-order valence-electron chi connectivity index (χ1n) is 5.95. The fraction of sp³-hybridized carbons (Fsp3) is 0.538. The topological polar surface area (TPSA) is 49.7 Å². The molecule has 0 heterocycles. The Morgan fingerprint density at radius 2 is 1.55 bits per heavy atom. The van der Waals surface area contributed by atoms with Crippen molar-refractivity contribution in [3.8, 4) is 0 Å². The van der Waals surface area contributed by atoms with E-state index in [0.717, 1.165) is 12.1 Å². The molecule has 1 rings (SSSR count). The van der Waals surface area contributed by atoms with Gasteiger partial charge in [-0.1, -0.05) is 12.1 Å². The molecule has 0 saturated heterocycles. The van der Waals surface area contributed by atoms with Crippen LogP contribution in [0.25, 0.3) is 0 Å². The number of halogens is 4. The molecule has 0 aliphatic rings. The molecular weight excluding hydrogens is 280 g/mol. The van der Waals surface area contributed by atoms with Crippen molar-refractivity contribution in [2.75, 3.05) is 26.4 Å². The number of alkyl halides is 3. The molecule has 0 unspecified atom stereocenters. The van der Waals surface area contributed by atoms with Crippen LogP contribution in [0.5, 0.6) is 0 Å². The quantitative estimate of drug-likeness (QED) is 0.598. The number of benzene rings is 1. The summed E-state index contributed by atoms with van der Waals surface area (Å²) in [5, 5.41) is 18.9. The lowest BCUT2D eigenvalue weighted by atomic mass is 9.79. The van der Waals surface area contributed by atoms with E-state index in [2.05, 4.69) is 4.74 Å². The largest absolute Gasteiger partial charge is 0.411 e. The van der Waals surface area contributed by atoms with Crippen LogP contribution in [-0.4, -0.2) is 42.8 Å². The maximum atomic E-state index is 12.8. The van der Waals surface area contributed by atoms with Crippen LogP contribution in [0.15, 0.2) is 24.3 Å². The molecule has 114 valence electrons. The molecule has 3 nitrogen and oxygen atoms in total. The highest BCUT2D eigenvalue weighted by Crippen LogP contribution is 2.28. The van der Waals surface area contributed by atoms with Crippen LogP contribution in [-0.2, 0) is 10.2 Å². The van der Waals surface area contributed by atoms with E-state index < -0.39 is 37.2 Å². The Morgan fingerprint density at radius 1 is 1.00 bits per heavy atom. The fourth-order valence-electron chi connectivity index (χ4n) is 1.79. The SMILES string of the molecule is OCC(CO)(CCOCC(F)(F)F)c1ccc(F)cc1. The van der Waals surface area contributed by atoms with E-state index in [9.17, 15) is 27.8 Å². The van der Waals surface area contributed by atoms with Crippen molar-refractivity contribution in [2.24, 2.45) is 0 Å². The molecule has 1 aromatic rings. The number of aliphatic hydroxyl groups excluding tert-OH is 2. The summed E-state index contributed by atoms with van der Waals surface area (Å²) in [7, 11) is 0. The van der Waals surface area contributed by atoms with Gasteiger partial charge in [0, 0.05) is 12.0 Å². The summed E-state index contributed by atoms with van der Waals surface area (Å²) in [4.78, 5) is 0. The van der Waals surface area contributed by atoms with Crippen molar-refractivity contribution in [3.05, 3.63) is 35.6 Å². The van der Waals surface area contributed by atoms with E-state index in [1.807, 2.05) is 0 Å². The molecule has 0 amide bonds. The van der Waals surface area contributed by atoms with Crippen molar-refractivity contribution in [3.63, 3.8) is 0 Å². The van der Waals surface area contributed by atoms with Gasteiger partial charge in [0.1, 0.15) is 12.4 Å². The third-order valence-electron chi connectivity index (χ3n) is 3.05. The van der Waals surface area contributed by atoms with Gasteiger partial charge in [-0.25, -0.2) is 4.39 Å². The number of rotatable bonds is 7. The third kappa shape index (κ3) is 4.73. The van der Waals surface area contributed by atoms with Gasteiger partial charge >= 0.3 is 6.18 Å². The summed E-state index contributed by atoms with van der Waals surface area (Å²) in [6, 6.07) is 5.08. The van der Waals surface area contributed by atoms with Gasteiger partial charge in [0.2, 0.25) is 0 Å². The second kappa shape index (κ2) is 7.01. The summed E-state index contributed by atoms with van der Waals surface area (Å²) in [5.74, 6) is -0.480. The maximum absolute atomic E-state index is 12.8. The van der Waals surface area contributed by atoms with Crippen molar-refractivity contribution in [2.45, 2.75) is 18.0 Å². The zero-order chi connectivity index (χ0) is 15.2. The van der Waals surface area contributed by atoms with Crippen molar-refractivity contribution in [1.82, 2.24) is 0 Å². The molecule has 2 N–H and O–H groups in total. The molecule has 0 bridgehead atoms. The molecule has 20 heavy (non-hydrogen) atoms. The van der Waals surface area contributed by atoms with E-state index in [4.69, 9.17) is 0 Å². The molecule has 0 spiro atoms. The average Bonchev–Trinajstić information content (AvgIpc) is 2.40. The summed E-state index contributed by atoms with van der Waals surface area (Å²) in [6.45, 7) is -2.63. The molecule has 0 aromatic heterocycles. The molecule has 0 aliphatic heterocycles. The number of hydrogen-bond acceptors (Lipinski definition) is 3. The van der Waals surface area contributed by atoms with Crippen LogP contribution < -0.4 is 0 Å². The Morgan fingerprint density at radius 3 is 2.00 bits per heavy atom. The molecule has 0 saturated carbocycles. The summed E-state index contributed by atoms with van der Waals surface area (Å²) >= 11 is 0. The van der Waals surface area contributed by atoms with Gasteiger partial charge < -0.3 is 14.9 Å². The summed E-state index contributed by atoms with van der Waals surface area (Å²) < 4.78 is 53.2. The monoisotopic (exact) mass is 296 g/mol. The summed E-state index contributed by atoms with van der Waals surface area (Å²) in [6.07, 6.45) is -4.43. The highest BCUT2D eigenvalue weighted by atomic mass is 19.4. The fourth-order valence-corrected chi connectivity index (χ4v) is 1.79. The van der Waals surface area contributed by atoms with E-state index in [-0.39, 0.29) is 13.0 Å². The molecule has 1 aromatic carbocycles. The molecule has 7 heteroatoms. The number of aliphatic hydroxyl groups is 2. The smallest absolute Gasteiger partial charge is 0.395 e. The highest BCUT2D eigenvalue weighted by Gasteiger charge is 2.32. The molecule has 0 atom stereocenters. The Kier molecular flexibility index (Phi) is 5.91. The molecule has 0 radical (unpaired) electrons. The minimum Gasteiger partial charge on any atom is -0.395 e. The Balaban J connectivity index is 2.69. The third-order valence-corrected chi connectivity index (χ3v) is 3.05. The standard InChI is InChI=1S/C13H16F4O3/c14-11-3-1-10(2-4-11)12(7-18,8-19)5-6-20-9-13(15,16)17/h1-4,18-19H,5-9H2. The lowest BCUT2D eigenvalue weighted by molar-refractivity contribution is -0.175. The molecule has 0 aliphatic carbocycles. The van der Waals surface area contributed by atoms with E-state index in [1.54, 1.807) is 0 Å². The second-order valence-corrected chi connectivity index (χ2v) is 4.52. The summed E-state index contributed by atoms with van der Waals surface area (Å²) in [5.41, 5.74) is -0.709. The zero-order valence-corrected chi connectivity index (χ0v) is 10.7. The van der Waals surface area contributed by atoms with Crippen LogP contribution in [0.4, 0.5) is 17.6 Å². The van der Waals surface area contributed by atoms with Crippen molar-refractivity contribution in [1.29, 1.82) is 0 Å².